The van der Waals surface area contributed by atoms with E-state index in [-0.39, 0.29) is 17.9 Å². The van der Waals surface area contributed by atoms with E-state index in [9.17, 15) is 14.7 Å². The Kier molecular flexibility index (Phi) is 6.43. The van der Waals surface area contributed by atoms with E-state index in [4.69, 9.17) is 10.5 Å². The Morgan fingerprint density at radius 1 is 1.18 bits per heavy atom. The van der Waals surface area contributed by atoms with Gasteiger partial charge in [-0.25, -0.2) is 14.8 Å². The Hall–Kier alpha value is -2.36. The molecule has 6 rings (SSSR count). The molecule has 4 fully saturated rings. The van der Waals surface area contributed by atoms with E-state index in [1.165, 1.54) is 17.7 Å². The maximum Gasteiger partial charge on any atom is 0.343 e. The van der Waals surface area contributed by atoms with Gasteiger partial charge in [0, 0.05) is 36.4 Å². The zero-order valence-corrected chi connectivity index (χ0v) is 20.2. The van der Waals surface area contributed by atoms with E-state index in [2.05, 4.69) is 9.97 Å². The van der Waals surface area contributed by atoms with Crippen molar-refractivity contribution in [2.45, 2.75) is 62.7 Å². The maximum absolute atomic E-state index is 13.7. The maximum atomic E-state index is 13.7. The van der Waals surface area contributed by atoms with Crippen LogP contribution in [0.1, 0.15) is 62.2 Å². The number of esters is 1. The number of thiophene rings is 1. The molecule has 5 heterocycles. The molecule has 0 aromatic carbocycles. The molecular formula is C25H33N4O4S+. The Morgan fingerprint density at radius 2 is 1.94 bits per heavy atom. The Morgan fingerprint density at radius 3 is 2.56 bits per heavy atom. The molecular weight excluding hydrogens is 452 g/mol. The molecule has 182 valence electrons. The third kappa shape index (κ3) is 4.03. The summed E-state index contributed by atoms with van der Waals surface area (Å²) in [4.78, 5) is 34.6. The van der Waals surface area contributed by atoms with Crippen molar-refractivity contribution in [2.75, 3.05) is 19.6 Å². The second-order valence-corrected chi connectivity index (χ2v) is 11.0. The monoisotopic (exact) mass is 485 g/mol. The number of hydrogen-bond donors (Lipinski definition) is 2. The highest BCUT2D eigenvalue weighted by Crippen LogP contribution is 2.45. The van der Waals surface area contributed by atoms with Gasteiger partial charge in [0.2, 0.25) is 6.04 Å². The van der Waals surface area contributed by atoms with Crippen LogP contribution < -0.4 is 5.73 Å². The lowest BCUT2D eigenvalue weighted by molar-refractivity contribution is -0.965. The Bertz CT molecular complexity index is 1000. The molecule has 2 unspecified atom stereocenters. The molecule has 2 bridgehead atoms. The van der Waals surface area contributed by atoms with Gasteiger partial charge < -0.3 is 20.1 Å². The number of carbonyl (C=O) groups is 2. The van der Waals surface area contributed by atoms with Gasteiger partial charge in [0.05, 0.1) is 13.1 Å². The summed E-state index contributed by atoms with van der Waals surface area (Å²) in [7, 11) is 0. The number of hydrogen-bond acceptors (Lipinski definition) is 7. The lowest BCUT2D eigenvalue weighted by atomic mass is 9.74. The number of ether oxygens (including phenoxy) is 1. The summed E-state index contributed by atoms with van der Waals surface area (Å²) in [5.74, 6) is -0.901. The SMILES string of the molecule is NC(=O)C(c1ccncn1)[N+]12CCC(CC1)[C@@H](OC(=O)C(O)(c1ccsc1)C1CCCCC1)C2. The fourth-order valence-corrected chi connectivity index (χ4v) is 7.28. The molecule has 8 nitrogen and oxygen atoms in total. The van der Waals surface area contributed by atoms with Crippen LogP contribution in [0, 0.1) is 11.8 Å². The number of nitrogens with two attached hydrogens (primary N) is 1. The second kappa shape index (κ2) is 9.36. The number of primary amides is 1. The summed E-state index contributed by atoms with van der Waals surface area (Å²) in [6, 6.07) is 2.96. The smallest absolute Gasteiger partial charge is 0.343 e. The molecule has 3 atom stereocenters. The molecule has 3 aliphatic heterocycles. The van der Waals surface area contributed by atoms with Gasteiger partial charge in [0.1, 0.15) is 18.6 Å². The predicted octanol–water partition coefficient (Wildman–Crippen LogP) is 2.68. The highest BCUT2D eigenvalue weighted by Gasteiger charge is 2.56. The summed E-state index contributed by atoms with van der Waals surface area (Å²) >= 11 is 1.48. The molecule has 1 amide bonds. The van der Waals surface area contributed by atoms with Gasteiger partial charge in [0.15, 0.2) is 11.7 Å². The molecule has 2 aromatic rings. The summed E-state index contributed by atoms with van der Waals surface area (Å²) in [6.45, 7) is 2.07. The third-order valence-corrected chi connectivity index (χ3v) is 9.07. The molecule has 34 heavy (non-hydrogen) atoms. The number of carbonyl (C=O) groups excluding carboxylic acids is 2. The first kappa shape index (κ1) is 23.4. The summed E-state index contributed by atoms with van der Waals surface area (Å²) in [6.07, 6.45) is 9.14. The second-order valence-electron chi connectivity index (χ2n) is 10.2. The van der Waals surface area contributed by atoms with Crippen molar-refractivity contribution in [3.8, 4) is 0 Å². The molecule has 1 aliphatic carbocycles. The molecule has 3 saturated heterocycles. The molecule has 3 N–H and O–H groups in total. The average molecular weight is 486 g/mol. The van der Waals surface area contributed by atoms with Crippen molar-refractivity contribution in [3.05, 3.63) is 46.7 Å². The number of fused-ring (bicyclic) bond motifs is 3. The van der Waals surface area contributed by atoms with E-state index >= 15 is 0 Å². The van der Waals surface area contributed by atoms with Crippen molar-refractivity contribution >= 4 is 23.2 Å². The lowest BCUT2D eigenvalue weighted by Gasteiger charge is -2.54. The van der Waals surface area contributed by atoms with E-state index in [0.29, 0.717) is 22.3 Å². The highest BCUT2D eigenvalue weighted by molar-refractivity contribution is 7.08. The zero-order chi connectivity index (χ0) is 23.8. The van der Waals surface area contributed by atoms with E-state index in [1.807, 2.05) is 16.8 Å². The fraction of sp³-hybridized carbons (Fsp3) is 0.600. The number of piperidine rings is 3. The molecule has 0 spiro atoms. The standard InChI is InChI=1S/C25H32N4O4S/c26-23(30)22(20-6-10-27-16-28-20)29-11-7-17(8-12-29)21(14-29)33-24(31)25(32,19-9-13-34-15-19)18-4-2-1-3-5-18/h6,9-10,13,15-18,21-22,32H,1-5,7-8,11-12,14H2,(H-,26,30)/p+1/t17?,21-,22?,25?,29?/m0/s1. The third-order valence-electron chi connectivity index (χ3n) is 8.39. The summed E-state index contributed by atoms with van der Waals surface area (Å²) in [5, 5.41) is 15.6. The minimum atomic E-state index is -1.63. The van der Waals surface area contributed by atoms with Gasteiger partial charge in [-0.15, -0.1) is 0 Å². The van der Waals surface area contributed by atoms with Gasteiger partial charge in [-0.05, 0) is 35.7 Å². The molecule has 1 saturated carbocycles. The number of nitrogens with zero attached hydrogens (tertiary/aromatic N) is 3. The Balaban J connectivity index is 1.41. The van der Waals surface area contributed by atoms with Crippen LogP contribution in [0.25, 0.3) is 0 Å². The molecule has 4 aliphatic rings. The zero-order valence-electron chi connectivity index (χ0n) is 19.3. The predicted molar refractivity (Wildman–Crippen MR) is 126 cm³/mol. The van der Waals surface area contributed by atoms with Crippen LogP contribution in [0.3, 0.4) is 0 Å². The van der Waals surface area contributed by atoms with E-state index in [1.54, 1.807) is 12.3 Å². The molecule has 9 heteroatoms. The van der Waals surface area contributed by atoms with E-state index < -0.39 is 23.5 Å². The Labute approximate surface area is 203 Å². The number of quaternary nitrogens is 1. The first-order valence-corrected chi connectivity index (χ1v) is 13.3. The lowest BCUT2D eigenvalue weighted by Crippen LogP contribution is -2.67. The van der Waals surface area contributed by atoms with Crippen LogP contribution in [-0.4, -0.2) is 57.2 Å². The quantitative estimate of drug-likeness (QED) is 0.460. The number of rotatable bonds is 7. The first-order valence-electron chi connectivity index (χ1n) is 12.3. The van der Waals surface area contributed by atoms with Crippen molar-refractivity contribution < 1.29 is 23.9 Å². The summed E-state index contributed by atoms with van der Waals surface area (Å²) < 4.78 is 6.61. The average Bonchev–Trinajstić information content (AvgIpc) is 3.41. The largest absolute Gasteiger partial charge is 0.454 e. The highest BCUT2D eigenvalue weighted by atomic mass is 32.1. The van der Waals surface area contributed by atoms with Gasteiger partial charge in [0.25, 0.3) is 5.91 Å². The first-order chi connectivity index (χ1) is 16.4. The van der Waals surface area contributed by atoms with E-state index in [0.717, 1.165) is 58.0 Å². The van der Waals surface area contributed by atoms with Crippen LogP contribution in [0.4, 0.5) is 0 Å². The van der Waals surface area contributed by atoms with Crippen LogP contribution in [-0.2, 0) is 19.9 Å². The normalized spacial score (nSPS) is 29.8. The van der Waals surface area contributed by atoms with Crippen molar-refractivity contribution in [3.63, 3.8) is 0 Å². The van der Waals surface area contributed by atoms with Crippen LogP contribution in [0.5, 0.6) is 0 Å². The number of amides is 1. The molecule has 2 aromatic heterocycles. The van der Waals surface area contributed by atoms with Gasteiger partial charge in [-0.1, -0.05) is 19.3 Å². The van der Waals surface area contributed by atoms with Crippen molar-refractivity contribution in [1.29, 1.82) is 0 Å². The van der Waals surface area contributed by atoms with Gasteiger partial charge >= 0.3 is 5.97 Å². The topological polar surface area (TPSA) is 115 Å². The minimum Gasteiger partial charge on any atom is -0.454 e. The minimum absolute atomic E-state index is 0.146. The van der Waals surface area contributed by atoms with Gasteiger partial charge in [-0.2, -0.15) is 11.3 Å². The van der Waals surface area contributed by atoms with Crippen LogP contribution in [0.2, 0.25) is 0 Å². The van der Waals surface area contributed by atoms with Crippen molar-refractivity contribution in [2.24, 2.45) is 17.6 Å². The number of aromatic nitrogens is 2. The van der Waals surface area contributed by atoms with Crippen LogP contribution in [0.15, 0.2) is 35.4 Å². The van der Waals surface area contributed by atoms with Gasteiger partial charge in [-0.3, -0.25) is 4.79 Å². The van der Waals surface area contributed by atoms with Crippen LogP contribution >= 0.6 is 11.3 Å². The summed E-state index contributed by atoms with van der Waals surface area (Å²) in [5.41, 5.74) is 5.50. The molecule has 0 radical (unpaired) electrons. The number of aliphatic hydroxyl groups is 1. The van der Waals surface area contributed by atoms with Crippen molar-refractivity contribution in [1.82, 2.24) is 9.97 Å². The fourth-order valence-electron chi connectivity index (χ4n) is 6.57.